The van der Waals surface area contributed by atoms with Gasteiger partial charge in [0.25, 0.3) is 0 Å². The minimum absolute atomic E-state index is 0.0347. The highest BCUT2D eigenvalue weighted by Gasteiger charge is 2.12. The van der Waals surface area contributed by atoms with E-state index in [9.17, 15) is 13.9 Å². The summed E-state index contributed by atoms with van der Waals surface area (Å²) < 4.78 is 26.2. The Kier molecular flexibility index (Phi) is 4.17. The van der Waals surface area contributed by atoms with E-state index < -0.39 is 11.9 Å². The maximum Gasteiger partial charge on any atom is 0.141 e. The minimum Gasteiger partial charge on any atom is -0.388 e. The fourth-order valence-corrected chi connectivity index (χ4v) is 2.09. The van der Waals surface area contributed by atoms with E-state index in [1.165, 1.54) is 30.3 Å². The largest absolute Gasteiger partial charge is 0.388 e. The van der Waals surface area contributed by atoms with Crippen LogP contribution in [0.4, 0.5) is 8.78 Å². The molecule has 0 bridgehead atoms. The summed E-state index contributed by atoms with van der Waals surface area (Å²) in [6, 6.07) is 8.49. The maximum absolute atomic E-state index is 13.2. The number of aryl methyl sites for hydroxylation is 1. The predicted octanol–water partition coefficient (Wildman–Crippen LogP) is 4.20. The van der Waals surface area contributed by atoms with Gasteiger partial charge in [-0.1, -0.05) is 23.7 Å². The molecule has 0 saturated heterocycles. The first-order chi connectivity index (χ1) is 8.97. The molecule has 0 amide bonds. The molecular formula is C15H13ClF2O. The highest BCUT2D eigenvalue weighted by molar-refractivity contribution is 6.30. The number of aliphatic hydroxyl groups is 1. The van der Waals surface area contributed by atoms with Gasteiger partial charge in [-0.2, -0.15) is 0 Å². The molecule has 19 heavy (non-hydrogen) atoms. The van der Waals surface area contributed by atoms with Crippen molar-refractivity contribution in [2.45, 2.75) is 19.4 Å². The Labute approximate surface area is 115 Å². The van der Waals surface area contributed by atoms with E-state index in [0.29, 0.717) is 11.1 Å². The third kappa shape index (κ3) is 3.31. The van der Waals surface area contributed by atoms with E-state index in [-0.39, 0.29) is 17.3 Å². The van der Waals surface area contributed by atoms with Crippen molar-refractivity contribution in [3.05, 3.63) is 69.7 Å². The number of benzene rings is 2. The molecule has 0 heterocycles. The second-order valence-electron chi connectivity index (χ2n) is 4.46. The maximum atomic E-state index is 13.2. The van der Waals surface area contributed by atoms with Crippen LogP contribution in [0.2, 0.25) is 5.02 Å². The molecule has 0 fully saturated rings. The van der Waals surface area contributed by atoms with Gasteiger partial charge in [-0.25, -0.2) is 8.78 Å². The Morgan fingerprint density at radius 3 is 2.58 bits per heavy atom. The van der Waals surface area contributed by atoms with Crippen LogP contribution in [0.5, 0.6) is 0 Å². The summed E-state index contributed by atoms with van der Waals surface area (Å²) in [5.74, 6) is -0.871. The molecular weight excluding hydrogens is 270 g/mol. The van der Waals surface area contributed by atoms with E-state index in [0.717, 1.165) is 5.56 Å². The zero-order chi connectivity index (χ0) is 14.0. The zero-order valence-corrected chi connectivity index (χ0v) is 11.1. The molecule has 2 aromatic carbocycles. The Hall–Kier alpha value is -1.45. The highest BCUT2D eigenvalue weighted by atomic mass is 35.5. The smallest absolute Gasteiger partial charge is 0.141 e. The van der Waals surface area contributed by atoms with E-state index in [1.807, 2.05) is 6.92 Å². The van der Waals surface area contributed by atoms with Crippen LogP contribution in [-0.2, 0) is 6.42 Å². The van der Waals surface area contributed by atoms with Crippen molar-refractivity contribution >= 4 is 11.6 Å². The first kappa shape index (κ1) is 14.0. The molecule has 2 aromatic rings. The average Bonchev–Trinajstić information content (AvgIpc) is 2.37. The molecule has 0 radical (unpaired) electrons. The summed E-state index contributed by atoms with van der Waals surface area (Å²) >= 11 is 5.67. The van der Waals surface area contributed by atoms with Crippen LogP contribution in [0.3, 0.4) is 0 Å². The summed E-state index contributed by atoms with van der Waals surface area (Å²) in [6.07, 6.45) is -0.593. The van der Waals surface area contributed by atoms with Gasteiger partial charge in [0, 0.05) is 6.42 Å². The summed E-state index contributed by atoms with van der Waals surface area (Å²) in [6.45, 7) is 1.85. The van der Waals surface area contributed by atoms with Crippen molar-refractivity contribution in [3.8, 4) is 0 Å². The zero-order valence-electron chi connectivity index (χ0n) is 10.3. The van der Waals surface area contributed by atoms with Crippen LogP contribution < -0.4 is 0 Å². The number of hydrogen-bond acceptors (Lipinski definition) is 1. The van der Waals surface area contributed by atoms with Crippen LogP contribution in [0, 0.1) is 18.6 Å². The third-order valence-electron chi connectivity index (χ3n) is 3.05. The molecule has 1 N–H and O–H groups in total. The fourth-order valence-electron chi connectivity index (χ4n) is 1.91. The molecule has 0 aromatic heterocycles. The van der Waals surface area contributed by atoms with Gasteiger partial charge in [0.05, 0.1) is 11.1 Å². The van der Waals surface area contributed by atoms with Crippen molar-refractivity contribution in [2.75, 3.05) is 0 Å². The number of halogens is 3. The number of rotatable bonds is 3. The van der Waals surface area contributed by atoms with Gasteiger partial charge in [-0.3, -0.25) is 0 Å². The van der Waals surface area contributed by atoms with Crippen LogP contribution in [0.15, 0.2) is 36.4 Å². The second kappa shape index (κ2) is 5.68. The molecule has 0 spiro atoms. The van der Waals surface area contributed by atoms with Gasteiger partial charge in [0.2, 0.25) is 0 Å². The molecule has 2 rings (SSSR count). The Morgan fingerprint density at radius 2 is 1.89 bits per heavy atom. The molecule has 100 valence electrons. The van der Waals surface area contributed by atoms with Gasteiger partial charge < -0.3 is 5.11 Å². The highest BCUT2D eigenvalue weighted by Crippen LogP contribution is 2.24. The van der Waals surface area contributed by atoms with Gasteiger partial charge in [-0.15, -0.1) is 0 Å². The lowest BCUT2D eigenvalue weighted by Gasteiger charge is -2.13. The molecule has 1 atom stereocenters. The lowest BCUT2D eigenvalue weighted by molar-refractivity contribution is 0.178. The first-order valence-corrected chi connectivity index (χ1v) is 6.23. The fraction of sp³-hybridized carbons (Fsp3) is 0.200. The van der Waals surface area contributed by atoms with E-state index in [4.69, 9.17) is 11.6 Å². The summed E-state index contributed by atoms with van der Waals surface area (Å²) in [5, 5.41) is 10.1. The van der Waals surface area contributed by atoms with Crippen LogP contribution in [0.25, 0.3) is 0 Å². The molecule has 0 aliphatic heterocycles. The summed E-state index contributed by atoms with van der Waals surface area (Å²) in [5.41, 5.74) is 2.12. The van der Waals surface area contributed by atoms with Crippen LogP contribution in [-0.4, -0.2) is 5.11 Å². The van der Waals surface area contributed by atoms with Gasteiger partial charge in [0.15, 0.2) is 0 Å². The van der Waals surface area contributed by atoms with Crippen molar-refractivity contribution < 1.29 is 13.9 Å². The Morgan fingerprint density at radius 1 is 1.16 bits per heavy atom. The van der Waals surface area contributed by atoms with Crippen molar-refractivity contribution in [3.63, 3.8) is 0 Å². The summed E-state index contributed by atoms with van der Waals surface area (Å²) in [7, 11) is 0. The number of hydrogen-bond donors (Lipinski definition) is 1. The molecule has 0 aliphatic rings. The lowest BCUT2D eigenvalue weighted by atomic mass is 9.98. The van der Waals surface area contributed by atoms with E-state index in [2.05, 4.69) is 0 Å². The summed E-state index contributed by atoms with van der Waals surface area (Å²) in [4.78, 5) is 0. The predicted molar refractivity (Wildman–Crippen MR) is 71.2 cm³/mol. The number of aliphatic hydroxyl groups excluding tert-OH is 1. The minimum atomic E-state index is -0.849. The molecule has 0 aliphatic carbocycles. The lowest BCUT2D eigenvalue weighted by Crippen LogP contribution is -2.04. The monoisotopic (exact) mass is 282 g/mol. The van der Waals surface area contributed by atoms with Gasteiger partial charge in [-0.05, 0) is 47.9 Å². The van der Waals surface area contributed by atoms with E-state index >= 15 is 0 Å². The molecule has 1 unspecified atom stereocenters. The Bertz CT molecular complexity index is 599. The topological polar surface area (TPSA) is 20.2 Å². The SMILES string of the molecule is Cc1ccc(F)cc1CC(O)c1ccc(F)c(Cl)c1. The molecule has 1 nitrogen and oxygen atoms in total. The molecule has 0 saturated carbocycles. The van der Waals surface area contributed by atoms with Crippen molar-refractivity contribution in [1.82, 2.24) is 0 Å². The quantitative estimate of drug-likeness (QED) is 0.894. The van der Waals surface area contributed by atoms with Crippen molar-refractivity contribution in [1.29, 1.82) is 0 Å². The van der Waals surface area contributed by atoms with Crippen molar-refractivity contribution in [2.24, 2.45) is 0 Å². The average molecular weight is 283 g/mol. The standard InChI is InChI=1S/C15H13ClF2O/c1-9-2-4-12(17)6-11(9)8-15(19)10-3-5-14(18)13(16)7-10/h2-7,15,19H,8H2,1H3. The van der Waals surface area contributed by atoms with Crippen LogP contribution in [0.1, 0.15) is 22.8 Å². The second-order valence-corrected chi connectivity index (χ2v) is 4.87. The van der Waals surface area contributed by atoms with Crippen LogP contribution >= 0.6 is 11.6 Å². The van der Waals surface area contributed by atoms with Gasteiger partial charge in [0.1, 0.15) is 11.6 Å². The first-order valence-electron chi connectivity index (χ1n) is 5.85. The third-order valence-corrected chi connectivity index (χ3v) is 3.34. The van der Waals surface area contributed by atoms with Gasteiger partial charge >= 0.3 is 0 Å². The molecule has 4 heteroatoms. The van der Waals surface area contributed by atoms with E-state index in [1.54, 1.807) is 6.07 Å². The normalized spacial score (nSPS) is 12.5. The Balaban J connectivity index is 2.22.